The van der Waals surface area contributed by atoms with Crippen LogP contribution in [0.2, 0.25) is 0 Å². The molecule has 1 aliphatic rings. The highest BCUT2D eigenvalue weighted by molar-refractivity contribution is 6.06. The molecule has 4 atom stereocenters. The second-order valence-corrected chi connectivity index (χ2v) is 16.6. The van der Waals surface area contributed by atoms with Gasteiger partial charge < -0.3 is 33.7 Å². The fraction of sp³-hybridized carbons (Fsp3) is 0.200. The molecule has 0 spiro atoms. The van der Waals surface area contributed by atoms with Crippen LogP contribution in [0.3, 0.4) is 0 Å². The molecule has 0 bridgehead atoms. The lowest BCUT2D eigenvalue weighted by Gasteiger charge is -2.36. The predicted molar refractivity (Wildman–Crippen MR) is 257 cm³/mol. The van der Waals surface area contributed by atoms with Crippen molar-refractivity contribution in [1.29, 1.82) is 0 Å². The topological polar surface area (TPSA) is 162 Å². The van der Waals surface area contributed by atoms with Gasteiger partial charge >= 0.3 is 18.1 Å². The number of fused-ring (bicyclic) bond motifs is 1. The molecule has 17 heteroatoms. The van der Waals surface area contributed by atoms with Crippen LogP contribution in [0.1, 0.15) is 66.0 Å². The van der Waals surface area contributed by atoms with E-state index in [0.717, 1.165) is 28.8 Å². The highest BCUT2D eigenvalue weighted by Gasteiger charge is 2.50. The molecule has 1 aliphatic heterocycles. The van der Waals surface area contributed by atoms with E-state index in [1.807, 2.05) is 78.9 Å². The van der Waals surface area contributed by atoms with Crippen LogP contribution < -0.4 is 14.8 Å². The van der Waals surface area contributed by atoms with Gasteiger partial charge in [0.05, 0.1) is 55.9 Å². The van der Waals surface area contributed by atoms with Crippen molar-refractivity contribution in [2.45, 2.75) is 36.6 Å². The first kappa shape index (κ1) is 48.6. The third-order valence-electron chi connectivity index (χ3n) is 12.4. The maximum Gasteiger partial charge on any atom is 0.416 e. The predicted octanol–water partition coefficient (Wildman–Crippen LogP) is 10.1. The highest BCUT2D eigenvalue weighted by atomic mass is 19.4. The van der Waals surface area contributed by atoms with E-state index in [1.165, 1.54) is 23.3 Å². The fourth-order valence-electron chi connectivity index (χ4n) is 8.78. The Morgan fingerprint density at radius 1 is 0.653 bits per heavy atom. The summed E-state index contributed by atoms with van der Waals surface area (Å²) in [7, 11) is 3.16. The summed E-state index contributed by atoms with van der Waals surface area (Å²) in [4.78, 5) is 54.5. The van der Waals surface area contributed by atoms with Gasteiger partial charge in [-0.2, -0.15) is 13.2 Å². The lowest BCUT2D eigenvalue weighted by molar-refractivity contribution is -0.137. The van der Waals surface area contributed by atoms with Crippen LogP contribution in [0.25, 0.3) is 11.2 Å². The lowest BCUT2D eigenvalue weighted by Crippen LogP contribution is -2.37. The summed E-state index contributed by atoms with van der Waals surface area (Å²) in [6.45, 7) is -0.402. The Morgan fingerprint density at radius 2 is 1.22 bits per heavy atom. The molecule has 366 valence electrons. The number of hydrogen-bond acceptors (Lipinski definition) is 12. The first-order chi connectivity index (χ1) is 35.0. The van der Waals surface area contributed by atoms with Gasteiger partial charge in [-0.3, -0.25) is 9.36 Å². The van der Waals surface area contributed by atoms with E-state index in [2.05, 4.69) is 20.3 Å². The highest BCUT2D eigenvalue weighted by Crippen LogP contribution is 2.44. The maximum atomic E-state index is 14.2. The molecule has 8 aromatic rings. The molecule has 0 aliphatic carbocycles. The molecular weight excluding hydrogens is 932 g/mol. The second kappa shape index (κ2) is 21.3. The van der Waals surface area contributed by atoms with E-state index in [0.29, 0.717) is 23.1 Å². The van der Waals surface area contributed by atoms with Gasteiger partial charge in [0.15, 0.2) is 29.3 Å². The van der Waals surface area contributed by atoms with Gasteiger partial charge in [0, 0.05) is 5.56 Å². The van der Waals surface area contributed by atoms with Crippen LogP contribution >= 0.6 is 0 Å². The van der Waals surface area contributed by atoms with Crippen LogP contribution in [-0.4, -0.2) is 77.0 Å². The Kier molecular flexibility index (Phi) is 14.4. The lowest BCUT2D eigenvalue weighted by atomic mass is 9.80. The number of amides is 1. The molecular formula is C55H46F3N5O9. The quantitative estimate of drug-likeness (QED) is 0.0680. The normalized spacial score (nSPS) is 16.7. The Morgan fingerprint density at radius 3 is 1.83 bits per heavy atom. The number of nitrogens with one attached hydrogen (secondary N) is 1. The summed E-state index contributed by atoms with van der Waals surface area (Å²) < 4.78 is 80.7. The van der Waals surface area contributed by atoms with Crippen molar-refractivity contribution in [2.24, 2.45) is 5.92 Å². The van der Waals surface area contributed by atoms with Gasteiger partial charge in [0.1, 0.15) is 30.0 Å². The Labute approximate surface area is 411 Å². The van der Waals surface area contributed by atoms with Crippen molar-refractivity contribution in [3.63, 3.8) is 0 Å². The molecule has 1 saturated heterocycles. The first-order valence-corrected chi connectivity index (χ1v) is 22.7. The minimum Gasteiger partial charge on any atom is -0.497 e. The molecule has 6 aromatic carbocycles. The van der Waals surface area contributed by atoms with Gasteiger partial charge in [-0.15, -0.1) is 0 Å². The van der Waals surface area contributed by atoms with E-state index in [4.69, 9.17) is 28.4 Å². The molecule has 2 aromatic heterocycles. The van der Waals surface area contributed by atoms with Gasteiger partial charge in [0.25, 0.3) is 5.91 Å². The summed E-state index contributed by atoms with van der Waals surface area (Å²) >= 11 is 0. The van der Waals surface area contributed by atoms with Crippen molar-refractivity contribution in [3.8, 4) is 11.5 Å². The summed E-state index contributed by atoms with van der Waals surface area (Å²) in [5.74, 6) is -1.91. The Balaban J connectivity index is 1.12. The van der Waals surface area contributed by atoms with Crippen molar-refractivity contribution in [1.82, 2.24) is 19.5 Å². The number of rotatable bonds is 17. The minimum absolute atomic E-state index is 0.0235. The van der Waals surface area contributed by atoms with E-state index in [1.54, 1.807) is 74.9 Å². The third-order valence-corrected chi connectivity index (χ3v) is 12.4. The zero-order valence-corrected chi connectivity index (χ0v) is 38.8. The van der Waals surface area contributed by atoms with Gasteiger partial charge in [0.2, 0.25) is 0 Å². The number of nitrogens with zero attached hydrogens (tertiary/aromatic N) is 4. The van der Waals surface area contributed by atoms with Crippen LogP contribution in [0.4, 0.5) is 19.0 Å². The van der Waals surface area contributed by atoms with Crippen LogP contribution in [0.5, 0.6) is 11.5 Å². The van der Waals surface area contributed by atoms with Crippen molar-refractivity contribution in [2.75, 3.05) is 32.8 Å². The molecule has 72 heavy (non-hydrogen) atoms. The van der Waals surface area contributed by atoms with Gasteiger partial charge in [-0.05, 0) is 89.8 Å². The standard InChI is InChI=1S/C55H46F3N5O9/c1-67-42-25-21-39(22-26-42)54(38-18-10-5-11-19-38,40-23-27-43(68-2)28-24-40)70-30-29-45-44(32-69-52(65)36-15-8-4-9-16-36)47(72-53(66)37-17-12-20-41(31-37)55(56,57)58)51(71-45)63-34-61-46-48(59-33-60-49(46)63)62-50(64)35-13-6-3-7-14-35/h3-28,31,33-34,44-45,47,51H,29-30,32H2,1-2H3,(H,59,60,62,64)/t44-,45-,47-,51-/m1/s1. The van der Waals surface area contributed by atoms with Crippen LogP contribution in [-0.2, 0) is 30.7 Å². The number of anilines is 1. The summed E-state index contributed by atoms with van der Waals surface area (Å²) in [5.41, 5.74) is 0.514. The number of benzene rings is 6. The summed E-state index contributed by atoms with van der Waals surface area (Å²) in [6, 6.07) is 45.2. The largest absolute Gasteiger partial charge is 0.497 e. The molecule has 9 rings (SSSR count). The number of hydrogen-bond donors (Lipinski definition) is 1. The molecule has 1 amide bonds. The molecule has 14 nitrogen and oxygen atoms in total. The number of ether oxygens (including phenoxy) is 6. The number of alkyl halides is 3. The summed E-state index contributed by atoms with van der Waals surface area (Å²) in [6.07, 6.45) is -5.68. The number of carbonyl (C=O) groups excluding carboxylic acids is 3. The zero-order valence-electron chi connectivity index (χ0n) is 38.8. The zero-order chi connectivity index (χ0) is 50.2. The molecule has 3 heterocycles. The fourth-order valence-corrected chi connectivity index (χ4v) is 8.78. The molecule has 1 fully saturated rings. The van der Waals surface area contributed by atoms with Crippen molar-refractivity contribution in [3.05, 3.63) is 215 Å². The number of esters is 2. The summed E-state index contributed by atoms with van der Waals surface area (Å²) in [5, 5.41) is 2.78. The number of imidazole rings is 1. The van der Waals surface area contributed by atoms with E-state index >= 15 is 0 Å². The average molecular weight is 978 g/mol. The smallest absolute Gasteiger partial charge is 0.416 e. The van der Waals surface area contributed by atoms with Gasteiger partial charge in [-0.1, -0.05) is 97.1 Å². The average Bonchev–Trinajstić information content (AvgIpc) is 4.01. The van der Waals surface area contributed by atoms with Crippen molar-refractivity contribution >= 4 is 34.8 Å². The van der Waals surface area contributed by atoms with Gasteiger partial charge in [-0.25, -0.2) is 24.5 Å². The van der Waals surface area contributed by atoms with E-state index in [9.17, 15) is 27.6 Å². The van der Waals surface area contributed by atoms with E-state index < -0.39 is 59.5 Å². The third kappa shape index (κ3) is 10.2. The molecule has 1 N–H and O–H groups in total. The number of aromatic nitrogens is 4. The Hall–Kier alpha value is -8.41. The number of methoxy groups -OCH3 is 2. The van der Waals surface area contributed by atoms with Crippen molar-refractivity contribution < 1.29 is 56.0 Å². The van der Waals surface area contributed by atoms with Crippen LogP contribution in [0.15, 0.2) is 176 Å². The second-order valence-electron chi connectivity index (χ2n) is 16.6. The Bertz CT molecular complexity index is 3100. The number of carbonyl (C=O) groups is 3. The minimum atomic E-state index is -4.76. The SMILES string of the molecule is COc1ccc(C(OCC[C@H]2O[C@@H](n3cnc4c(NC(=O)c5ccccc5)ncnc43)[C@H](OC(=O)c3cccc(C(F)(F)F)c3)[C@@H]2COC(=O)c2ccccc2)(c2ccccc2)c2ccc(OC)cc2)cc1. The molecule has 0 radical (unpaired) electrons. The number of halogens is 3. The van der Waals surface area contributed by atoms with Crippen LogP contribution in [0, 0.1) is 5.92 Å². The maximum absolute atomic E-state index is 14.2. The molecule has 0 unspecified atom stereocenters. The first-order valence-electron chi connectivity index (χ1n) is 22.7. The monoisotopic (exact) mass is 977 g/mol. The van der Waals surface area contributed by atoms with E-state index in [-0.39, 0.29) is 47.7 Å². The molecule has 0 saturated carbocycles.